The quantitative estimate of drug-likeness (QED) is 0.362. The number of hydrogen-bond donors (Lipinski definition) is 0. The van der Waals surface area contributed by atoms with Crippen LogP contribution in [0.1, 0.15) is 37.9 Å². The number of benzene rings is 2. The van der Waals surface area contributed by atoms with E-state index in [4.69, 9.17) is 19.2 Å². The minimum Gasteiger partial charge on any atom is -0.496 e. The molecule has 1 amide bonds. The summed E-state index contributed by atoms with van der Waals surface area (Å²) in [7, 11) is 3.15. The topological polar surface area (TPSA) is 82.4 Å². The van der Waals surface area contributed by atoms with Crippen LogP contribution in [-0.4, -0.2) is 49.3 Å². The number of methoxy groups -OCH3 is 2. The number of carbonyl (C=O) groups is 1. The summed E-state index contributed by atoms with van der Waals surface area (Å²) in [6.07, 6.45) is 3.46. The van der Waals surface area contributed by atoms with Crippen molar-refractivity contribution in [2.75, 3.05) is 33.9 Å². The van der Waals surface area contributed by atoms with Crippen LogP contribution < -0.4 is 29.1 Å². The first kappa shape index (κ1) is 27.9. The summed E-state index contributed by atoms with van der Waals surface area (Å²) in [6, 6.07) is 12.3. The third-order valence-corrected chi connectivity index (χ3v) is 7.56. The number of rotatable bonds is 10. The molecular formula is C30H33N3O5S. The maximum Gasteiger partial charge on any atom is 0.271 e. The summed E-state index contributed by atoms with van der Waals surface area (Å²) in [4.78, 5) is 34.7. The zero-order valence-corrected chi connectivity index (χ0v) is 23.7. The number of amides is 1. The zero-order chi connectivity index (χ0) is 28.1. The lowest BCUT2D eigenvalue weighted by atomic mass is 9.94. The maximum atomic E-state index is 14.0. The summed E-state index contributed by atoms with van der Waals surface area (Å²) in [5, 5.41) is 0. The van der Waals surface area contributed by atoms with Crippen LogP contribution in [0.15, 0.2) is 76.2 Å². The van der Waals surface area contributed by atoms with E-state index < -0.39 is 6.04 Å². The van der Waals surface area contributed by atoms with Crippen LogP contribution in [0, 0.1) is 0 Å². The molecule has 3 aromatic rings. The van der Waals surface area contributed by atoms with Gasteiger partial charge in [-0.15, -0.1) is 0 Å². The monoisotopic (exact) mass is 547 g/mol. The minimum atomic E-state index is -0.683. The van der Waals surface area contributed by atoms with Crippen LogP contribution in [0.4, 0.5) is 0 Å². The molecule has 4 rings (SSSR count). The molecule has 0 aliphatic carbocycles. The van der Waals surface area contributed by atoms with Gasteiger partial charge in [-0.3, -0.25) is 14.2 Å². The second-order valence-corrected chi connectivity index (χ2v) is 9.82. The molecule has 0 fully saturated rings. The Morgan fingerprint density at radius 1 is 1.10 bits per heavy atom. The predicted octanol–water partition coefficient (Wildman–Crippen LogP) is 3.69. The van der Waals surface area contributed by atoms with Crippen molar-refractivity contribution in [1.29, 1.82) is 0 Å². The average molecular weight is 548 g/mol. The van der Waals surface area contributed by atoms with Gasteiger partial charge >= 0.3 is 0 Å². The number of ether oxygens (including phenoxy) is 3. The number of carbonyl (C=O) groups excluding carboxylic acids is 1. The van der Waals surface area contributed by atoms with E-state index in [1.807, 2.05) is 57.2 Å². The van der Waals surface area contributed by atoms with Crippen molar-refractivity contribution in [1.82, 2.24) is 9.47 Å². The Labute approximate surface area is 231 Å². The second-order valence-electron chi connectivity index (χ2n) is 8.81. The molecule has 0 radical (unpaired) electrons. The maximum absolute atomic E-state index is 14.0. The number of aromatic nitrogens is 1. The summed E-state index contributed by atoms with van der Waals surface area (Å²) < 4.78 is 18.9. The molecule has 1 aromatic heterocycles. The molecule has 0 saturated carbocycles. The van der Waals surface area contributed by atoms with Gasteiger partial charge in [-0.25, -0.2) is 4.99 Å². The molecule has 8 nitrogen and oxygen atoms in total. The lowest BCUT2D eigenvalue weighted by molar-refractivity contribution is -0.127. The molecule has 0 unspecified atom stereocenters. The van der Waals surface area contributed by atoms with Crippen LogP contribution in [0.25, 0.3) is 6.08 Å². The highest BCUT2D eigenvalue weighted by molar-refractivity contribution is 7.07. The van der Waals surface area contributed by atoms with Crippen molar-refractivity contribution in [3.8, 4) is 17.2 Å². The Bertz CT molecular complexity index is 1600. The Morgan fingerprint density at radius 3 is 2.49 bits per heavy atom. The fourth-order valence-corrected chi connectivity index (χ4v) is 5.70. The highest BCUT2D eigenvalue weighted by Gasteiger charge is 2.35. The van der Waals surface area contributed by atoms with Crippen molar-refractivity contribution in [2.45, 2.75) is 26.8 Å². The lowest BCUT2D eigenvalue weighted by Crippen LogP contribution is -2.43. The lowest BCUT2D eigenvalue weighted by Gasteiger charge is -2.29. The Balaban J connectivity index is 1.92. The molecule has 0 spiro atoms. The van der Waals surface area contributed by atoms with Crippen LogP contribution in [-0.2, 0) is 4.79 Å². The van der Waals surface area contributed by atoms with E-state index in [0.29, 0.717) is 57.5 Å². The molecule has 0 saturated heterocycles. The van der Waals surface area contributed by atoms with Gasteiger partial charge < -0.3 is 19.1 Å². The van der Waals surface area contributed by atoms with Gasteiger partial charge in [-0.2, -0.15) is 0 Å². The first-order valence-corrected chi connectivity index (χ1v) is 13.6. The number of nitrogens with zero attached hydrogens (tertiary/aromatic N) is 3. The van der Waals surface area contributed by atoms with Gasteiger partial charge in [0.2, 0.25) is 0 Å². The molecule has 1 atom stereocenters. The van der Waals surface area contributed by atoms with E-state index >= 15 is 0 Å². The van der Waals surface area contributed by atoms with Crippen LogP contribution in [0.5, 0.6) is 17.2 Å². The van der Waals surface area contributed by atoms with E-state index in [0.717, 1.165) is 11.1 Å². The van der Waals surface area contributed by atoms with Crippen LogP contribution in [0.3, 0.4) is 0 Å². The molecule has 2 heterocycles. The predicted molar refractivity (Wildman–Crippen MR) is 153 cm³/mol. The summed E-state index contributed by atoms with van der Waals surface area (Å²) >= 11 is 1.28. The minimum absolute atomic E-state index is 0.147. The van der Waals surface area contributed by atoms with Crippen molar-refractivity contribution < 1.29 is 19.0 Å². The van der Waals surface area contributed by atoms with Crippen molar-refractivity contribution in [3.63, 3.8) is 0 Å². The highest BCUT2D eigenvalue weighted by Crippen LogP contribution is 2.36. The Morgan fingerprint density at radius 2 is 1.82 bits per heavy atom. The largest absolute Gasteiger partial charge is 0.496 e. The number of hydrogen-bond acceptors (Lipinski definition) is 7. The van der Waals surface area contributed by atoms with Gasteiger partial charge in [-0.05, 0) is 50.6 Å². The molecule has 1 aliphatic heterocycles. The normalized spacial score (nSPS) is 14.9. The third-order valence-electron chi connectivity index (χ3n) is 6.58. The highest BCUT2D eigenvalue weighted by atomic mass is 32.1. The summed E-state index contributed by atoms with van der Waals surface area (Å²) in [5.41, 5.74) is 2.31. The van der Waals surface area contributed by atoms with Gasteiger partial charge in [0.1, 0.15) is 18.4 Å². The fraction of sp³-hybridized carbons (Fsp3) is 0.300. The first-order valence-electron chi connectivity index (χ1n) is 12.7. The standard InChI is InChI=1S/C30H33N3O5S/c1-7-16-38-23-15-14-20(17-24(23)37-6)18-25-28(34)33-27(21-12-10-11-13-22(21)36-5)26(19(4)31-30(33)39-25)29(35)32(8-2)9-3/h7,10-15,17-18,27H,1,8-9,16H2,2-6H3/b25-18+/t27-/m0/s1. The average Bonchev–Trinajstić information content (AvgIpc) is 3.25. The molecule has 0 N–H and O–H groups in total. The van der Waals surface area contributed by atoms with Gasteiger partial charge in [0.25, 0.3) is 11.5 Å². The number of likely N-dealkylation sites (N-methyl/N-ethyl adjacent to an activating group) is 1. The molecule has 1 aliphatic rings. The SMILES string of the molecule is C=CCOc1ccc(/C=c2/sc3n(c2=O)[C@@H](c2ccccc2OC)C(C(=O)N(CC)CC)=C(C)N=3)cc1OC. The summed E-state index contributed by atoms with van der Waals surface area (Å²) in [6.45, 7) is 10.8. The molecule has 9 heteroatoms. The zero-order valence-electron chi connectivity index (χ0n) is 22.9. The van der Waals surface area contributed by atoms with Gasteiger partial charge in [0.05, 0.1) is 30.0 Å². The fourth-order valence-electron chi connectivity index (χ4n) is 4.66. The number of allylic oxidation sites excluding steroid dienone is 1. The summed E-state index contributed by atoms with van der Waals surface area (Å²) in [5.74, 6) is 1.58. The van der Waals surface area contributed by atoms with E-state index in [9.17, 15) is 9.59 Å². The second kappa shape index (κ2) is 12.2. The molecular weight excluding hydrogens is 514 g/mol. The number of fused-ring (bicyclic) bond motifs is 1. The van der Waals surface area contributed by atoms with E-state index in [2.05, 4.69) is 6.58 Å². The van der Waals surface area contributed by atoms with Gasteiger partial charge in [-0.1, -0.05) is 48.3 Å². The molecule has 204 valence electrons. The van der Waals surface area contributed by atoms with Crippen LogP contribution in [0.2, 0.25) is 0 Å². The van der Waals surface area contributed by atoms with Crippen molar-refractivity contribution >= 4 is 23.3 Å². The van der Waals surface area contributed by atoms with Gasteiger partial charge in [0.15, 0.2) is 16.3 Å². The van der Waals surface area contributed by atoms with Crippen molar-refractivity contribution in [2.24, 2.45) is 4.99 Å². The van der Waals surface area contributed by atoms with E-state index in [1.165, 1.54) is 11.3 Å². The van der Waals surface area contributed by atoms with Crippen LogP contribution >= 0.6 is 11.3 Å². The Kier molecular flexibility index (Phi) is 8.71. The number of para-hydroxylation sites is 1. The smallest absolute Gasteiger partial charge is 0.271 e. The Hall–Kier alpha value is -4.11. The van der Waals surface area contributed by atoms with E-state index in [1.54, 1.807) is 41.9 Å². The number of thiazole rings is 1. The first-order chi connectivity index (χ1) is 18.9. The van der Waals surface area contributed by atoms with E-state index in [-0.39, 0.29) is 11.5 Å². The molecule has 39 heavy (non-hydrogen) atoms. The third kappa shape index (κ3) is 5.40. The molecule has 2 aromatic carbocycles. The van der Waals surface area contributed by atoms with Crippen molar-refractivity contribution in [3.05, 3.63) is 97.2 Å². The van der Waals surface area contributed by atoms with Gasteiger partial charge in [0, 0.05) is 18.7 Å². The molecule has 0 bridgehead atoms.